The van der Waals surface area contributed by atoms with Gasteiger partial charge in [0, 0.05) is 25.5 Å². The van der Waals surface area contributed by atoms with Crippen molar-refractivity contribution in [2.45, 2.75) is 32.4 Å². The number of aliphatic carboxylic acids is 1. The van der Waals surface area contributed by atoms with Gasteiger partial charge in [-0.1, -0.05) is 0 Å². The second-order valence-corrected chi connectivity index (χ2v) is 6.02. The molecule has 1 unspecified atom stereocenters. The van der Waals surface area contributed by atoms with Gasteiger partial charge in [0.15, 0.2) is 0 Å². The van der Waals surface area contributed by atoms with Crippen molar-refractivity contribution >= 4 is 18.0 Å². The van der Waals surface area contributed by atoms with Crippen molar-refractivity contribution < 1.29 is 19.4 Å². The Morgan fingerprint density at radius 2 is 1.91 bits per heavy atom. The van der Waals surface area contributed by atoms with Crippen LogP contribution >= 0.6 is 0 Å². The second-order valence-electron chi connectivity index (χ2n) is 6.02. The van der Waals surface area contributed by atoms with Gasteiger partial charge in [0.25, 0.3) is 0 Å². The average molecular weight is 308 g/mol. The first-order valence-electron chi connectivity index (χ1n) is 7.02. The molecule has 1 aliphatic heterocycles. The molecule has 1 saturated heterocycles. The smallest absolute Gasteiger partial charge is 0.410 e. The maximum Gasteiger partial charge on any atom is 0.410 e. The van der Waals surface area contributed by atoms with Crippen LogP contribution in [0.2, 0.25) is 0 Å². The Morgan fingerprint density at radius 3 is 2.45 bits per heavy atom. The number of carbonyl (C=O) groups is 2. The Kier molecular flexibility index (Phi) is 4.48. The van der Waals surface area contributed by atoms with E-state index in [9.17, 15) is 14.7 Å². The number of carbonyl (C=O) groups excluding carboxylic acids is 1. The normalized spacial score (nSPS) is 19.0. The molecule has 0 aromatic carbocycles. The summed E-state index contributed by atoms with van der Waals surface area (Å²) < 4.78 is 5.29. The highest BCUT2D eigenvalue weighted by Crippen LogP contribution is 2.18. The van der Waals surface area contributed by atoms with Crippen molar-refractivity contribution in [3.05, 3.63) is 18.5 Å². The Bertz CT molecular complexity index is 544. The van der Waals surface area contributed by atoms with E-state index in [1.54, 1.807) is 44.1 Å². The van der Waals surface area contributed by atoms with Crippen LogP contribution in [0.15, 0.2) is 18.5 Å². The van der Waals surface area contributed by atoms with Crippen LogP contribution in [0.25, 0.3) is 0 Å². The summed E-state index contributed by atoms with van der Waals surface area (Å²) >= 11 is 0. The Hall–Kier alpha value is -2.38. The van der Waals surface area contributed by atoms with Gasteiger partial charge >= 0.3 is 12.1 Å². The molecule has 2 heterocycles. The standard InChI is InChI=1S/C14H20N4O4/c1-14(2,3)22-13(21)17-7-8-18(10(9-17)11(19)20)12-15-5-4-6-16-12/h4-6,10H,7-9H2,1-3H3,(H,19,20). The number of carboxylic acids is 1. The van der Waals surface area contributed by atoms with E-state index in [1.807, 2.05) is 0 Å². The third kappa shape index (κ3) is 3.84. The minimum atomic E-state index is -1.03. The predicted octanol–water partition coefficient (Wildman–Crippen LogP) is 0.987. The van der Waals surface area contributed by atoms with Crippen molar-refractivity contribution in [2.75, 3.05) is 24.5 Å². The lowest BCUT2D eigenvalue weighted by Gasteiger charge is -2.39. The molecule has 120 valence electrons. The van der Waals surface area contributed by atoms with Crippen LogP contribution in [-0.4, -0.2) is 63.3 Å². The lowest BCUT2D eigenvalue weighted by Crippen LogP contribution is -2.59. The fourth-order valence-electron chi connectivity index (χ4n) is 2.17. The minimum Gasteiger partial charge on any atom is -0.480 e. The third-order valence-electron chi connectivity index (χ3n) is 3.13. The van der Waals surface area contributed by atoms with E-state index in [0.29, 0.717) is 19.0 Å². The van der Waals surface area contributed by atoms with Crippen molar-refractivity contribution in [3.63, 3.8) is 0 Å². The first-order valence-corrected chi connectivity index (χ1v) is 7.02. The highest BCUT2D eigenvalue weighted by atomic mass is 16.6. The van der Waals surface area contributed by atoms with Crippen molar-refractivity contribution in [1.82, 2.24) is 14.9 Å². The molecule has 1 aromatic heterocycles. The largest absolute Gasteiger partial charge is 0.480 e. The number of hydrogen-bond donors (Lipinski definition) is 1. The summed E-state index contributed by atoms with van der Waals surface area (Å²) in [6.45, 7) is 6.04. The summed E-state index contributed by atoms with van der Waals surface area (Å²) in [4.78, 5) is 34.8. The number of anilines is 1. The molecule has 1 aromatic rings. The highest BCUT2D eigenvalue weighted by Gasteiger charge is 2.37. The Morgan fingerprint density at radius 1 is 1.27 bits per heavy atom. The summed E-state index contributed by atoms with van der Waals surface area (Å²) in [5.74, 6) is -0.681. The molecule has 0 radical (unpaired) electrons. The van der Waals surface area contributed by atoms with Crippen molar-refractivity contribution in [2.24, 2.45) is 0 Å². The molecular weight excluding hydrogens is 288 g/mol. The SMILES string of the molecule is CC(C)(C)OC(=O)N1CCN(c2ncccn2)C(C(=O)O)C1. The lowest BCUT2D eigenvalue weighted by molar-refractivity contribution is -0.139. The van der Waals surface area contributed by atoms with E-state index >= 15 is 0 Å². The number of rotatable bonds is 2. The number of aromatic nitrogens is 2. The van der Waals surface area contributed by atoms with Gasteiger partial charge in [-0.3, -0.25) is 0 Å². The molecular formula is C14H20N4O4. The van der Waals surface area contributed by atoms with E-state index in [0.717, 1.165) is 0 Å². The van der Waals surface area contributed by atoms with Crippen LogP contribution in [0.4, 0.5) is 10.7 Å². The van der Waals surface area contributed by atoms with Gasteiger partial charge in [0.05, 0.1) is 6.54 Å². The summed E-state index contributed by atoms with van der Waals surface area (Å²) in [6, 6.07) is 0.764. The zero-order chi connectivity index (χ0) is 16.3. The van der Waals surface area contributed by atoms with Gasteiger partial charge in [0.1, 0.15) is 11.6 Å². The minimum absolute atomic E-state index is 0.0303. The number of ether oxygens (including phenoxy) is 1. The van der Waals surface area contributed by atoms with Gasteiger partial charge < -0.3 is 19.6 Å². The maximum atomic E-state index is 12.1. The monoisotopic (exact) mass is 308 g/mol. The quantitative estimate of drug-likeness (QED) is 0.870. The summed E-state index contributed by atoms with van der Waals surface area (Å²) in [7, 11) is 0. The zero-order valence-corrected chi connectivity index (χ0v) is 12.9. The van der Waals surface area contributed by atoms with Crippen LogP contribution in [0.1, 0.15) is 20.8 Å². The van der Waals surface area contributed by atoms with Crippen LogP contribution in [0.3, 0.4) is 0 Å². The number of carboxylic acid groups (broad SMARTS) is 1. The molecule has 0 saturated carbocycles. The number of amides is 1. The van der Waals surface area contributed by atoms with Crippen LogP contribution < -0.4 is 4.90 Å². The van der Waals surface area contributed by atoms with Crippen LogP contribution in [0, 0.1) is 0 Å². The van der Waals surface area contributed by atoms with E-state index in [1.165, 1.54) is 4.90 Å². The lowest BCUT2D eigenvalue weighted by atomic mass is 10.1. The maximum absolute atomic E-state index is 12.1. The Labute approximate surface area is 128 Å². The third-order valence-corrected chi connectivity index (χ3v) is 3.13. The molecule has 0 spiro atoms. The fourth-order valence-corrected chi connectivity index (χ4v) is 2.17. The van der Waals surface area contributed by atoms with Gasteiger partial charge in [-0.05, 0) is 26.8 Å². The Balaban J connectivity index is 2.12. The summed E-state index contributed by atoms with van der Waals surface area (Å²) in [6.07, 6.45) is 2.61. The number of piperazine rings is 1. The molecule has 0 aliphatic carbocycles. The van der Waals surface area contributed by atoms with Gasteiger partial charge in [0.2, 0.25) is 5.95 Å². The predicted molar refractivity (Wildman–Crippen MR) is 78.6 cm³/mol. The van der Waals surface area contributed by atoms with Crippen LogP contribution in [-0.2, 0) is 9.53 Å². The molecule has 8 nitrogen and oxygen atoms in total. The molecule has 2 rings (SSSR count). The van der Waals surface area contributed by atoms with Gasteiger partial charge in [-0.25, -0.2) is 19.6 Å². The topological polar surface area (TPSA) is 95.9 Å². The number of nitrogens with zero attached hydrogens (tertiary/aromatic N) is 4. The van der Waals surface area contributed by atoms with E-state index < -0.39 is 23.7 Å². The van der Waals surface area contributed by atoms with E-state index in [-0.39, 0.29) is 6.54 Å². The van der Waals surface area contributed by atoms with Gasteiger partial charge in [-0.15, -0.1) is 0 Å². The molecule has 1 atom stereocenters. The van der Waals surface area contributed by atoms with Crippen LogP contribution in [0.5, 0.6) is 0 Å². The average Bonchev–Trinajstić information content (AvgIpc) is 2.45. The molecule has 0 bridgehead atoms. The molecule has 1 N–H and O–H groups in total. The van der Waals surface area contributed by atoms with E-state index in [4.69, 9.17) is 4.74 Å². The molecule has 1 fully saturated rings. The van der Waals surface area contributed by atoms with Crippen molar-refractivity contribution in [1.29, 1.82) is 0 Å². The second kappa shape index (κ2) is 6.17. The fraction of sp³-hybridized carbons (Fsp3) is 0.571. The van der Waals surface area contributed by atoms with Crippen molar-refractivity contribution in [3.8, 4) is 0 Å². The first-order chi connectivity index (χ1) is 10.3. The molecule has 22 heavy (non-hydrogen) atoms. The molecule has 1 aliphatic rings. The summed E-state index contributed by atoms with van der Waals surface area (Å²) in [5.41, 5.74) is -0.616. The van der Waals surface area contributed by atoms with Gasteiger partial charge in [-0.2, -0.15) is 0 Å². The zero-order valence-electron chi connectivity index (χ0n) is 12.9. The van der Waals surface area contributed by atoms with E-state index in [2.05, 4.69) is 9.97 Å². The first kappa shape index (κ1) is 16.0. The molecule has 1 amide bonds. The highest BCUT2D eigenvalue weighted by molar-refractivity contribution is 5.79. The number of hydrogen-bond acceptors (Lipinski definition) is 6. The molecule has 8 heteroatoms. The summed E-state index contributed by atoms with van der Waals surface area (Å²) in [5, 5.41) is 9.43.